The van der Waals surface area contributed by atoms with Gasteiger partial charge in [0.2, 0.25) is 5.91 Å². The van der Waals surface area contributed by atoms with Gasteiger partial charge in [-0.3, -0.25) is 13.2 Å². The molecule has 136 valence electrons. The molecule has 12 heteroatoms. The van der Waals surface area contributed by atoms with Gasteiger partial charge in [0, 0.05) is 6.92 Å². The van der Waals surface area contributed by atoms with Gasteiger partial charge < -0.3 is 10.1 Å². The summed E-state index contributed by atoms with van der Waals surface area (Å²) in [4.78, 5) is 11.4. The number of hydrogen-bond donors (Lipinski definition) is 1. The number of hydrogen-bond acceptors (Lipinski definition) is 9. The van der Waals surface area contributed by atoms with E-state index in [0.29, 0.717) is 5.75 Å². The molecule has 1 aliphatic heterocycles. The van der Waals surface area contributed by atoms with Crippen molar-refractivity contribution in [2.75, 3.05) is 24.9 Å². The van der Waals surface area contributed by atoms with Crippen molar-refractivity contribution in [3.05, 3.63) is 0 Å². The zero-order valence-corrected chi connectivity index (χ0v) is 15.7. The van der Waals surface area contributed by atoms with Crippen LogP contribution in [0.15, 0.2) is 0 Å². The first kappa shape index (κ1) is 20.6. The molecular weight excluding hydrogens is 370 g/mol. The average molecular weight is 391 g/mol. The minimum Gasteiger partial charge on any atom is -0.357 e. The highest BCUT2D eigenvalue weighted by atomic mass is 32.2. The maximum absolute atomic E-state index is 11.5. The molecule has 0 aromatic heterocycles. The number of rotatable bonds is 8. The highest BCUT2D eigenvalue weighted by Gasteiger charge is 2.48. The Morgan fingerprint density at radius 1 is 1.22 bits per heavy atom. The largest absolute Gasteiger partial charge is 0.357 e. The summed E-state index contributed by atoms with van der Waals surface area (Å²) in [5.41, 5.74) is -0.580. The van der Waals surface area contributed by atoms with Crippen LogP contribution in [-0.2, 0) is 38.1 Å². The summed E-state index contributed by atoms with van der Waals surface area (Å²) in [5, 5.41) is 2.60. The Balaban J connectivity index is 3.02. The summed E-state index contributed by atoms with van der Waals surface area (Å²) in [6.45, 7) is 2.74. The SMILES string of the molecule is CCS[C@H]1O[C@H](COS(C)(=O)=O)[C@H](OS(C)(=O)=O)[C@H]1NC(C)=O. The first-order valence-electron chi connectivity index (χ1n) is 6.69. The molecular formula is C11H21NO8S3. The van der Waals surface area contributed by atoms with Gasteiger partial charge in [0.25, 0.3) is 20.2 Å². The fraction of sp³-hybridized carbons (Fsp3) is 0.909. The first-order chi connectivity index (χ1) is 10.4. The Hall–Kier alpha value is -0.400. The van der Waals surface area contributed by atoms with Crippen LogP contribution in [0.4, 0.5) is 0 Å². The molecule has 1 amide bonds. The summed E-state index contributed by atoms with van der Waals surface area (Å²) in [7, 11) is -7.58. The molecule has 0 radical (unpaired) electrons. The maximum Gasteiger partial charge on any atom is 0.264 e. The van der Waals surface area contributed by atoms with Gasteiger partial charge in [0.15, 0.2) is 0 Å². The van der Waals surface area contributed by atoms with Crippen molar-refractivity contribution in [1.29, 1.82) is 0 Å². The van der Waals surface area contributed by atoms with Crippen molar-refractivity contribution in [3.8, 4) is 0 Å². The van der Waals surface area contributed by atoms with E-state index < -0.39 is 50.5 Å². The van der Waals surface area contributed by atoms with Crippen molar-refractivity contribution in [3.63, 3.8) is 0 Å². The van der Waals surface area contributed by atoms with Crippen LogP contribution in [0.2, 0.25) is 0 Å². The lowest BCUT2D eigenvalue weighted by Gasteiger charge is -2.23. The zero-order chi connectivity index (χ0) is 17.8. The molecule has 0 saturated carbocycles. The van der Waals surface area contributed by atoms with E-state index in [4.69, 9.17) is 8.92 Å². The second-order valence-corrected chi connectivity index (χ2v) is 9.60. The molecule has 1 saturated heterocycles. The monoisotopic (exact) mass is 391 g/mol. The van der Waals surface area contributed by atoms with Crippen molar-refractivity contribution in [2.24, 2.45) is 0 Å². The molecule has 0 aliphatic carbocycles. The lowest BCUT2D eigenvalue weighted by molar-refractivity contribution is -0.120. The van der Waals surface area contributed by atoms with E-state index in [1.54, 1.807) is 0 Å². The van der Waals surface area contributed by atoms with Crippen LogP contribution in [0, 0.1) is 0 Å². The molecule has 1 heterocycles. The second kappa shape index (κ2) is 8.12. The molecule has 0 aromatic carbocycles. The van der Waals surface area contributed by atoms with Crippen LogP contribution in [0.25, 0.3) is 0 Å². The van der Waals surface area contributed by atoms with E-state index in [1.807, 2.05) is 6.92 Å². The molecule has 0 bridgehead atoms. The first-order valence-corrected chi connectivity index (χ1v) is 11.4. The third-order valence-corrected chi connectivity index (χ3v) is 4.96. The van der Waals surface area contributed by atoms with E-state index in [9.17, 15) is 21.6 Å². The summed E-state index contributed by atoms with van der Waals surface area (Å²) in [6.07, 6.45) is -0.301. The lowest BCUT2D eigenvalue weighted by atomic mass is 10.1. The zero-order valence-electron chi connectivity index (χ0n) is 13.2. The Morgan fingerprint density at radius 2 is 1.83 bits per heavy atom. The van der Waals surface area contributed by atoms with E-state index >= 15 is 0 Å². The summed E-state index contributed by atoms with van der Waals surface area (Å²) < 4.78 is 60.6. The fourth-order valence-corrected chi connectivity index (χ4v) is 4.07. The van der Waals surface area contributed by atoms with E-state index in [2.05, 4.69) is 9.50 Å². The van der Waals surface area contributed by atoms with Crippen LogP contribution >= 0.6 is 11.8 Å². The van der Waals surface area contributed by atoms with Gasteiger partial charge in [-0.05, 0) is 5.75 Å². The number of carbonyl (C=O) groups excluding carboxylic acids is 1. The van der Waals surface area contributed by atoms with E-state index in [1.165, 1.54) is 18.7 Å². The molecule has 9 nitrogen and oxygen atoms in total. The van der Waals surface area contributed by atoms with Crippen LogP contribution in [-0.4, -0.2) is 71.3 Å². The molecule has 4 atom stereocenters. The van der Waals surface area contributed by atoms with Gasteiger partial charge in [-0.25, -0.2) is 0 Å². The molecule has 23 heavy (non-hydrogen) atoms. The van der Waals surface area contributed by atoms with E-state index in [0.717, 1.165) is 12.5 Å². The standard InChI is InChI=1S/C11H21NO8S3/c1-5-21-11-9(12-7(2)13)10(20-23(4,16)17)8(19-11)6-18-22(3,14)15/h8-11H,5-6H2,1-4H3,(H,12,13)/t8-,9-,10+,11-/m1/s1. The minimum atomic E-state index is -3.85. The molecule has 1 rings (SSSR count). The second-order valence-electron chi connectivity index (χ2n) is 4.98. The number of nitrogens with one attached hydrogen (secondary N) is 1. The van der Waals surface area contributed by atoms with Gasteiger partial charge in [0.1, 0.15) is 17.6 Å². The third kappa shape index (κ3) is 7.35. The topological polar surface area (TPSA) is 125 Å². The van der Waals surface area contributed by atoms with Crippen LogP contribution < -0.4 is 5.32 Å². The lowest BCUT2D eigenvalue weighted by Crippen LogP contribution is -2.48. The normalized spacial score (nSPS) is 28.7. The van der Waals surface area contributed by atoms with Crippen LogP contribution in [0.1, 0.15) is 13.8 Å². The van der Waals surface area contributed by atoms with Crippen LogP contribution in [0.5, 0.6) is 0 Å². The summed E-state index contributed by atoms with van der Waals surface area (Å²) >= 11 is 1.34. The fourth-order valence-electron chi connectivity index (χ4n) is 2.06. The number of amides is 1. The van der Waals surface area contributed by atoms with Gasteiger partial charge in [-0.2, -0.15) is 16.8 Å². The van der Waals surface area contributed by atoms with Crippen molar-refractivity contribution >= 4 is 37.9 Å². The van der Waals surface area contributed by atoms with E-state index in [-0.39, 0.29) is 5.91 Å². The minimum absolute atomic E-state index is 0.382. The molecule has 0 unspecified atom stereocenters. The van der Waals surface area contributed by atoms with Gasteiger partial charge in [0.05, 0.1) is 25.2 Å². The Bertz CT molecular complexity index is 617. The molecule has 0 spiro atoms. The Morgan fingerprint density at radius 3 is 2.26 bits per heavy atom. The van der Waals surface area contributed by atoms with Gasteiger partial charge in [-0.15, -0.1) is 11.8 Å². The molecule has 0 aromatic rings. The third-order valence-electron chi connectivity index (χ3n) is 2.76. The summed E-state index contributed by atoms with van der Waals surface area (Å²) in [5.74, 6) is 0.263. The van der Waals surface area contributed by atoms with Crippen LogP contribution in [0.3, 0.4) is 0 Å². The Kier molecular flexibility index (Phi) is 7.29. The predicted molar refractivity (Wildman–Crippen MR) is 84.9 cm³/mol. The predicted octanol–water partition coefficient (Wildman–Crippen LogP) is -0.710. The smallest absolute Gasteiger partial charge is 0.264 e. The maximum atomic E-state index is 11.5. The van der Waals surface area contributed by atoms with Gasteiger partial charge >= 0.3 is 0 Å². The number of thioether (sulfide) groups is 1. The molecule has 1 aliphatic rings. The number of ether oxygens (including phenoxy) is 1. The quantitative estimate of drug-likeness (QED) is 0.534. The van der Waals surface area contributed by atoms with Crippen molar-refractivity contribution in [2.45, 2.75) is 37.5 Å². The summed E-state index contributed by atoms with van der Waals surface area (Å²) in [6, 6.07) is -0.750. The molecule has 1 N–H and O–H groups in total. The highest BCUT2D eigenvalue weighted by Crippen LogP contribution is 2.32. The number of carbonyl (C=O) groups is 1. The highest BCUT2D eigenvalue weighted by molar-refractivity contribution is 7.99. The molecule has 1 fully saturated rings. The average Bonchev–Trinajstić information content (AvgIpc) is 2.63. The Labute approximate surface area is 140 Å². The van der Waals surface area contributed by atoms with Crippen molar-refractivity contribution in [1.82, 2.24) is 5.32 Å². The van der Waals surface area contributed by atoms with Crippen molar-refractivity contribution < 1.29 is 34.7 Å². The van der Waals surface area contributed by atoms with Gasteiger partial charge in [-0.1, -0.05) is 6.92 Å².